The molecule has 1 heterocycles. The van der Waals surface area contributed by atoms with Crippen LogP contribution in [0.25, 0.3) is 0 Å². The summed E-state index contributed by atoms with van der Waals surface area (Å²) in [4.78, 5) is 14.4. The lowest BCUT2D eigenvalue weighted by atomic mass is 9.61. The number of rotatable bonds is 3. The topological polar surface area (TPSA) is 32.3 Å². The SMILES string of the molecule is CC(=O)N[C@H]1CCC2(CCN(C[C@H]3CC45C[C@@H]4C=C[C@H]35)CC2)c2ccccc21.[HH]. The highest BCUT2D eigenvalue weighted by molar-refractivity contribution is 5.73. The number of carbonyl (C=O) groups is 1. The molecule has 1 unspecified atom stereocenters. The molecule has 0 aromatic heterocycles. The van der Waals surface area contributed by atoms with Gasteiger partial charge in [0.15, 0.2) is 0 Å². The van der Waals surface area contributed by atoms with E-state index in [9.17, 15) is 4.79 Å². The van der Waals surface area contributed by atoms with Crippen LogP contribution in [0.1, 0.15) is 64.0 Å². The number of piperidine rings is 1. The van der Waals surface area contributed by atoms with E-state index < -0.39 is 0 Å². The molecule has 3 nitrogen and oxygen atoms in total. The van der Waals surface area contributed by atoms with Gasteiger partial charge in [-0.2, -0.15) is 0 Å². The largest absolute Gasteiger partial charge is 0.350 e. The number of carbonyl (C=O) groups excluding carboxylic acids is 1. The van der Waals surface area contributed by atoms with Gasteiger partial charge < -0.3 is 10.2 Å². The maximum atomic E-state index is 11.7. The molecular formula is C25H34N2O. The summed E-state index contributed by atoms with van der Waals surface area (Å²) in [7, 11) is 0. The van der Waals surface area contributed by atoms with Gasteiger partial charge in [0.25, 0.3) is 0 Å². The minimum absolute atomic E-state index is 0. The summed E-state index contributed by atoms with van der Waals surface area (Å²) < 4.78 is 0. The lowest BCUT2D eigenvalue weighted by Crippen LogP contribution is -2.50. The second-order valence-electron chi connectivity index (χ2n) is 10.4. The predicted molar refractivity (Wildman–Crippen MR) is 113 cm³/mol. The lowest BCUT2D eigenvalue weighted by Gasteiger charge is -2.50. The van der Waals surface area contributed by atoms with Crippen LogP contribution in [0.3, 0.4) is 0 Å². The predicted octanol–water partition coefficient (Wildman–Crippen LogP) is 4.45. The number of likely N-dealkylation sites (tertiary alicyclic amines) is 1. The van der Waals surface area contributed by atoms with E-state index in [1.807, 2.05) is 0 Å². The van der Waals surface area contributed by atoms with Crippen molar-refractivity contribution in [3.05, 3.63) is 47.5 Å². The molecule has 6 rings (SSSR count). The zero-order valence-electron chi connectivity index (χ0n) is 17.0. The minimum Gasteiger partial charge on any atom is -0.350 e. The Hall–Kier alpha value is -1.61. The number of nitrogens with zero attached hydrogens (tertiary/aromatic N) is 1. The zero-order chi connectivity index (χ0) is 18.9. The van der Waals surface area contributed by atoms with Crippen molar-refractivity contribution in [2.24, 2.45) is 23.2 Å². The van der Waals surface area contributed by atoms with E-state index in [-0.39, 0.29) is 13.4 Å². The van der Waals surface area contributed by atoms with E-state index in [1.165, 1.54) is 62.9 Å². The molecule has 0 bridgehead atoms. The molecule has 1 aromatic rings. The average Bonchev–Trinajstić information content (AvgIpc) is 3.34. The fourth-order valence-electron chi connectivity index (χ4n) is 7.47. The van der Waals surface area contributed by atoms with Crippen LogP contribution in [0.15, 0.2) is 36.4 Å². The van der Waals surface area contributed by atoms with E-state index in [0.29, 0.717) is 5.41 Å². The first-order valence-corrected chi connectivity index (χ1v) is 11.4. The van der Waals surface area contributed by atoms with Crippen LogP contribution in [0.5, 0.6) is 0 Å². The number of fused-ring (bicyclic) bond motifs is 2. The third-order valence-corrected chi connectivity index (χ3v) is 9.05. The Bertz CT molecular complexity index is 843. The van der Waals surface area contributed by atoms with E-state index in [1.54, 1.807) is 6.92 Å². The number of benzene rings is 1. The van der Waals surface area contributed by atoms with Gasteiger partial charge in [0, 0.05) is 14.9 Å². The Kier molecular flexibility index (Phi) is 3.67. The molecule has 2 spiro atoms. The summed E-state index contributed by atoms with van der Waals surface area (Å²) in [6.45, 7) is 5.43. The Morgan fingerprint density at radius 3 is 2.75 bits per heavy atom. The van der Waals surface area contributed by atoms with Gasteiger partial charge >= 0.3 is 0 Å². The Balaban J connectivity index is 0.00000181. The summed E-state index contributed by atoms with van der Waals surface area (Å²) in [5.74, 6) is 2.86. The summed E-state index contributed by atoms with van der Waals surface area (Å²) >= 11 is 0. The molecule has 1 N–H and O–H groups in total. The maximum absolute atomic E-state index is 11.7. The van der Waals surface area contributed by atoms with Crippen molar-refractivity contribution < 1.29 is 6.22 Å². The number of hydrogen-bond acceptors (Lipinski definition) is 2. The molecule has 0 radical (unpaired) electrons. The quantitative estimate of drug-likeness (QED) is 0.788. The normalized spacial score (nSPS) is 39.6. The zero-order valence-corrected chi connectivity index (χ0v) is 17.0. The van der Waals surface area contributed by atoms with Crippen LogP contribution in [0.4, 0.5) is 0 Å². The Morgan fingerprint density at radius 2 is 2.00 bits per heavy atom. The monoisotopic (exact) mass is 378 g/mol. The molecule has 1 aliphatic heterocycles. The molecule has 2 saturated carbocycles. The van der Waals surface area contributed by atoms with E-state index in [2.05, 4.69) is 46.6 Å². The van der Waals surface area contributed by atoms with Crippen LogP contribution in [-0.2, 0) is 10.2 Å². The third-order valence-electron chi connectivity index (χ3n) is 9.05. The van der Waals surface area contributed by atoms with Gasteiger partial charge in [-0.25, -0.2) is 0 Å². The van der Waals surface area contributed by atoms with Gasteiger partial charge in [0.1, 0.15) is 0 Å². The van der Waals surface area contributed by atoms with Crippen molar-refractivity contribution in [1.82, 2.24) is 10.2 Å². The molecule has 1 amide bonds. The van der Waals surface area contributed by atoms with Crippen molar-refractivity contribution in [3.63, 3.8) is 0 Å². The molecule has 28 heavy (non-hydrogen) atoms. The average molecular weight is 379 g/mol. The van der Waals surface area contributed by atoms with Crippen molar-refractivity contribution >= 4 is 5.91 Å². The summed E-state index contributed by atoms with van der Waals surface area (Å²) in [5.41, 5.74) is 3.97. The summed E-state index contributed by atoms with van der Waals surface area (Å²) in [6.07, 6.45) is 12.9. The van der Waals surface area contributed by atoms with Crippen molar-refractivity contribution in [2.45, 2.75) is 56.9 Å². The van der Waals surface area contributed by atoms with E-state index in [0.717, 1.165) is 29.6 Å². The van der Waals surface area contributed by atoms with Crippen LogP contribution in [0.2, 0.25) is 0 Å². The Labute approximate surface area is 170 Å². The number of allylic oxidation sites excluding steroid dienone is 2. The van der Waals surface area contributed by atoms with Crippen LogP contribution in [-0.4, -0.2) is 30.4 Å². The van der Waals surface area contributed by atoms with Crippen LogP contribution in [0, 0.1) is 23.2 Å². The van der Waals surface area contributed by atoms with Crippen LogP contribution >= 0.6 is 0 Å². The van der Waals surface area contributed by atoms with Gasteiger partial charge in [-0.3, -0.25) is 4.79 Å². The lowest BCUT2D eigenvalue weighted by molar-refractivity contribution is -0.119. The molecule has 5 atom stereocenters. The first-order chi connectivity index (χ1) is 13.6. The van der Waals surface area contributed by atoms with E-state index >= 15 is 0 Å². The van der Waals surface area contributed by atoms with Gasteiger partial charge in [0.2, 0.25) is 5.91 Å². The highest BCUT2D eigenvalue weighted by Crippen LogP contribution is 2.75. The smallest absolute Gasteiger partial charge is 0.217 e. The molecule has 1 aromatic carbocycles. The highest BCUT2D eigenvalue weighted by Gasteiger charge is 2.68. The molecule has 150 valence electrons. The molecule has 1 saturated heterocycles. The second kappa shape index (κ2) is 5.95. The summed E-state index contributed by atoms with van der Waals surface area (Å²) in [6, 6.07) is 9.11. The van der Waals surface area contributed by atoms with Crippen molar-refractivity contribution in [1.29, 1.82) is 0 Å². The van der Waals surface area contributed by atoms with Gasteiger partial charge in [-0.1, -0.05) is 36.4 Å². The number of hydrogen-bond donors (Lipinski definition) is 1. The molecule has 3 fully saturated rings. The van der Waals surface area contributed by atoms with Crippen LogP contribution < -0.4 is 5.32 Å². The Morgan fingerprint density at radius 1 is 1.18 bits per heavy atom. The van der Waals surface area contributed by atoms with Crippen molar-refractivity contribution in [3.8, 4) is 0 Å². The highest BCUT2D eigenvalue weighted by atomic mass is 16.1. The second-order valence-corrected chi connectivity index (χ2v) is 10.4. The van der Waals surface area contributed by atoms with Gasteiger partial charge in [-0.05, 0) is 91.3 Å². The fraction of sp³-hybridized carbons (Fsp3) is 0.640. The molecular weight excluding hydrogens is 344 g/mol. The number of nitrogens with one attached hydrogen (secondary N) is 1. The molecule has 5 aliphatic rings. The minimum atomic E-state index is 0. The first-order valence-electron chi connectivity index (χ1n) is 11.4. The fourth-order valence-corrected chi connectivity index (χ4v) is 7.47. The standard InChI is InChI=1S/C25H32N2O.H2/c1-17(28)26-23-8-9-24(22-5-3-2-4-20(22)23)10-12-27(13-11-24)16-18-14-25-15-19(25)6-7-21(18)25;/h2-7,18-19,21,23H,8-16H2,1H3,(H,26,28);1H/t18-,19+,21-,23+,25?;/m1./s1. The maximum Gasteiger partial charge on any atom is 0.217 e. The van der Waals surface area contributed by atoms with Crippen molar-refractivity contribution in [2.75, 3.05) is 19.6 Å². The van der Waals surface area contributed by atoms with Gasteiger partial charge in [-0.15, -0.1) is 0 Å². The first kappa shape index (κ1) is 17.3. The third kappa shape index (κ3) is 2.41. The molecule has 4 aliphatic carbocycles. The molecule has 3 heteroatoms. The summed E-state index contributed by atoms with van der Waals surface area (Å²) in [5, 5.41) is 3.18. The number of amides is 1. The van der Waals surface area contributed by atoms with Gasteiger partial charge in [0.05, 0.1) is 6.04 Å². The van der Waals surface area contributed by atoms with E-state index in [4.69, 9.17) is 0 Å².